The molecule has 0 radical (unpaired) electrons. The van der Waals surface area contributed by atoms with E-state index in [1.54, 1.807) is 11.3 Å². The van der Waals surface area contributed by atoms with E-state index in [1.807, 2.05) is 12.1 Å². The monoisotopic (exact) mass is 420 g/mol. The first-order chi connectivity index (χ1) is 13.6. The van der Waals surface area contributed by atoms with Crippen LogP contribution in [0.1, 0.15) is 42.7 Å². The Kier molecular flexibility index (Phi) is 7.91. The van der Waals surface area contributed by atoms with Crippen molar-refractivity contribution in [3.8, 4) is 0 Å². The van der Waals surface area contributed by atoms with Crippen LogP contribution in [0.2, 0.25) is 5.02 Å². The predicted octanol–water partition coefficient (Wildman–Crippen LogP) is 5.15. The van der Waals surface area contributed by atoms with Gasteiger partial charge in [0.2, 0.25) is 5.91 Å². The van der Waals surface area contributed by atoms with Crippen molar-refractivity contribution < 1.29 is 9.53 Å². The van der Waals surface area contributed by atoms with Crippen molar-refractivity contribution in [3.05, 3.63) is 50.7 Å². The summed E-state index contributed by atoms with van der Waals surface area (Å²) in [7, 11) is 0. The molecule has 0 spiro atoms. The van der Waals surface area contributed by atoms with Crippen LogP contribution in [0.25, 0.3) is 0 Å². The Labute approximate surface area is 176 Å². The van der Waals surface area contributed by atoms with Gasteiger partial charge in [-0.3, -0.25) is 9.69 Å². The molecular formula is C22H29ClN2O2S. The summed E-state index contributed by atoms with van der Waals surface area (Å²) >= 11 is 8.10. The summed E-state index contributed by atoms with van der Waals surface area (Å²) in [5.74, 6) is 0.00113. The van der Waals surface area contributed by atoms with Gasteiger partial charge in [0, 0.05) is 35.3 Å². The number of thiophene rings is 1. The van der Waals surface area contributed by atoms with Gasteiger partial charge in [-0.05, 0) is 54.3 Å². The number of amides is 1. The second-order valence-corrected chi connectivity index (χ2v) is 8.64. The summed E-state index contributed by atoms with van der Waals surface area (Å²) < 4.78 is 5.80. The highest BCUT2D eigenvalue weighted by molar-refractivity contribution is 7.09. The van der Waals surface area contributed by atoms with E-state index >= 15 is 0 Å². The summed E-state index contributed by atoms with van der Waals surface area (Å²) in [6.07, 6.45) is 4.03. The number of nitrogens with zero attached hydrogens (tertiary/aromatic N) is 1. The maximum atomic E-state index is 12.9. The molecule has 1 aliphatic heterocycles. The minimum absolute atomic E-state index is 0.00113. The zero-order chi connectivity index (χ0) is 19.9. The lowest BCUT2D eigenvalue weighted by Crippen LogP contribution is -2.38. The molecule has 0 aliphatic carbocycles. The van der Waals surface area contributed by atoms with Crippen molar-refractivity contribution in [2.24, 2.45) is 0 Å². The summed E-state index contributed by atoms with van der Waals surface area (Å²) in [5.41, 5.74) is 3.02. The molecule has 152 valence electrons. The first-order valence-electron chi connectivity index (χ1n) is 10.1. The van der Waals surface area contributed by atoms with Crippen molar-refractivity contribution in [2.75, 3.05) is 25.0 Å². The minimum atomic E-state index is 0.00113. The number of benzene rings is 1. The van der Waals surface area contributed by atoms with E-state index in [2.05, 4.69) is 41.6 Å². The van der Waals surface area contributed by atoms with Crippen LogP contribution in [-0.4, -0.2) is 36.6 Å². The van der Waals surface area contributed by atoms with E-state index in [0.717, 1.165) is 62.2 Å². The van der Waals surface area contributed by atoms with Crippen LogP contribution < -0.4 is 5.32 Å². The molecule has 6 heteroatoms. The van der Waals surface area contributed by atoms with E-state index < -0.39 is 0 Å². The molecular weight excluding hydrogens is 392 g/mol. The molecule has 2 aromatic rings. The molecule has 1 unspecified atom stereocenters. The Morgan fingerprint density at radius 3 is 2.82 bits per heavy atom. The molecule has 28 heavy (non-hydrogen) atoms. The molecule has 1 N–H and O–H groups in total. The normalized spacial score (nSPS) is 16.6. The third-order valence-electron chi connectivity index (χ3n) is 5.15. The molecule has 2 heterocycles. The first kappa shape index (κ1) is 21.3. The number of carbonyl (C=O) groups is 1. The molecule has 0 bridgehead atoms. The Morgan fingerprint density at radius 1 is 1.32 bits per heavy atom. The minimum Gasteiger partial charge on any atom is -0.377 e. The lowest BCUT2D eigenvalue weighted by Gasteiger charge is -2.25. The van der Waals surface area contributed by atoms with Gasteiger partial charge in [-0.2, -0.15) is 0 Å². The van der Waals surface area contributed by atoms with Gasteiger partial charge in [-0.1, -0.05) is 37.6 Å². The standard InChI is InChI=1S/C22H29ClN2O2S/c1-3-16-9-10-20(23)19(4-2)22(16)24-21(26)15-25(13-17-7-5-11-27-17)14-18-8-6-12-28-18/h6,8-10,12,17H,3-5,7,11,13-15H2,1-2H3,(H,24,26). The summed E-state index contributed by atoms with van der Waals surface area (Å²) in [6, 6.07) is 8.10. The fourth-order valence-electron chi connectivity index (χ4n) is 3.73. The molecule has 1 fully saturated rings. The van der Waals surface area contributed by atoms with Crippen molar-refractivity contribution in [1.29, 1.82) is 0 Å². The fourth-order valence-corrected chi connectivity index (χ4v) is 4.77. The average Bonchev–Trinajstić information content (AvgIpc) is 3.36. The number of nitrogens with one attached hydrogen (secondary N) is 1. The number of carbonyl (C=O) groups excluding carboxylic acids is 1. The number of rotatable bonds is 9. The third-order valence-corrected chi connectivity index (χ3v) is 6.37. The molecule has 4 nitrogen and oxygen atoms in total. The Morgan fingerprint density at radius 2 is 2.18 bits per heavy atom. The molecule has 0 saturated carbocycles. The molecule has 1 saturated heterocycles. The van der Waals surface area contributed by atoms with Gasteiger partial charge in [0.25, 0.3) is 0 Å². The lowest BCUT2D eigenvalue weighted by atomic mass is 10.0. The van der Waals surface area contributed by atoms with Crippen LogP contribution in [0.5, 0.6) is 0 Å². The van der Waals surface area contributed by atoms with Crippen molar-refractivity contribution >= 4 is 34.5 Å². The lowest BCUT2D eigenvalue weighted by molar-refractivity contribution is -0.117. The van der Waals surface area contributed by atoms with Crippen LogP contribution in [-0.2, 0) is 28.9 Å². The Hall–Kier alpha value is -1.40. The molecule has 1 aromatic carbocycles. The van der Waals surface area contributed by atoms with E-state index in [1.165, 1.54) is 4.88 Å². The van der Waals surface area contributed by atoms with Crippen LogP contribution >= 0.6 is 22.9 Å². The SMILES string of the molecule is CCc1ccc(Cl)c(CC)c1NC(=O)CN(Cc1cccs1)CC1CCCO1. The predicted molar refractivity (Wildman–Crippen MR) is 117 cm³/mol. The van der Waals surface area contributed by atoms with Gasteiger partial charge in [-0.15, -0.1) is 11.3 Å². The highest BCUT2D eigenvalue weighted by Gasteiger charge is 2.22. The van der Waals surface area contributed by atoms with Gasteiger partial charge >= 0.3 is 0 Å². The Bertz CT molecular complexity index is 773. The fraction of sp³-hybridized carbons (Fsp3) is 0.500. The van der Waals surface area contributed by atoms with E-state index in [0.29, 0.717) is 11.6 Å². The van der Waals surface area contributed by atoms with Crippen LogP contribution in [0.4, 0.5) is 5.69 Å². The van der Waals surface area contributed by atoms with Crippen molar-refractivity contribution in [2.45, 2.75) is 52.2 Å². The molecule has 1 amide bonds. The highest BCUT2D eigenvalue weighted by Crippen LogP contribution is 2.29. The largest absolute Gasteiger partial charge is 0.377 e. The number of anilines is 1. The van der Waals surface area contributed by atoms with Gasteiger partial charge in [0.1, 0.15) is 0 Å². The molecule has 1 atom stereocenters. The van der Waals surface area contributed by atoms with Crippen LogP contribution in [0.3, 0.4) is 0 Å². The summed E-state index contributed by atoms with van der Waals surface area (Å²) in [6.45, 7) is 6.88. The zero-order valence-electron chi connectivity index (χ0n) is 16.7. The molecule has 1 aliphatic rings. The van der Waals surface area contributed by atoms with E-state index in [9.17, 15) is 4.79 Å². The number of halogens is 1. The van der Waals surface area contributed by atoms with Gasteiger partial charge < -0.3 is 10.1 Å². The second kappa shape index (κ2) is 10.4. The smallest absolute Gasteiger partial charge is 0.238 e. The quantitative estimate of drug-likeness (QED) is 0.610. The van der Waals surface area contributed by atoms with E-state index in [-0.39, 0.29) is 12.0 Å². The number of ether oxygens (including phenoxy) is 1. The topological polar surface area (TPSA) is 41.6 Å². The van der Waals surface area contributed by atoms with Crippen molar-refractivity contribution in [3.63, 3.8) is 0 Å². The van der Waals surface area contributed by atoms with Gasteiger partial charge in [0.05, 0.1) is 12.6 Å². The summed E-state index contributed by atoms with van der Waals surface area (Å²) in [4.78, 5) is 16.4. The number of hydrogen-bond donors (Lipinski definition) is 1. The maximum absolute atomic E-state index is 12.9. The molecule has 3 rings (SSSR count). The van der Waals surface area contributed by atoms with Crippen LogP contribution in [0, 0.1) is 0 Å². The number of aryl methyl sites for hydroxylation is 1. The maximum Gasteiger partial charge on any atom is 0.238 e. The summed E-state index contributed by atoms with van der Waals surface area (Å²) in [5, 5.41) is 5.94. The highest BCUT2D eigenvalue weighted by atomic mass is 35.5. The van der Waals surface area contributed by atoms with E-state index in [4.69, 9.17) is 16.3 Å². The van der Waals surface area contributed by atoms with Crippen molar-refractivity contribution in [1.82, 2.24) is 4.90 Å². The molecule has 1 aromatic heterocycles. The average molecular weight is 421 g/mol. The number of hydrogen-bond acceptors (Lipinski definition) is 4. The first-order valence-corrected chi connectivity index (χ1v) is 11.3. The zero-order valence-corrected chi connectivity index (χ0v) is 18.2. The van der Waals surface area contributed by atoms with Crippen LogP contribution in [0.15, 0.2) is 29.6 Å². The van der Waals surface area contributed by atoms with Gasteiger partial charge in [-0.25, -0.2) is 0 Å². The Balaban J connectivity index is 1.71. The third kappa shape index (κ3) is 5.57. The van der Waals surface area contributed by atoms with Gasteiger partial charge in [0.15, 0.2) is 0 Å². The second-order valence-electron chi connectivity index (χ2n) is 7.20.